The molecular formula is C9H10O3S. The number of esters is 1. The second-order valence-corrected chi connectivity index (χ2v) is 3.52. The maximum Gasteiger partial charge on any atom is 0.348 e. The molecule has 0 aliphatic rings. The van der Waals surface area contributed by atoms with E-state index in [-0.39, 0.29) is 11.8 Å². The molecule has 1 aromatic heterocycles. The third-order valence-electron chi connectivity index (χ3n) is 1.59. The van der Waals surface area contributed by atoms with Crippen LogP contribution in [0.5, 0.6) is 0 Å². The highest BCUT2D eigenvalue weighted by Gasteiger charge is 2.12. The van der Waals surface area contributed by atoms with E-state index in [4.69, 9.17) is 0 Å². The highest BCUT2D eigenvalue weighted by atomic mass is 32.1. The fourth-order valence-electron chi connectivity index (χ4n) is 0.872. The highest BCUT2D eigenvalue weighted by Crippen LogP contribution is 2.18. The maximum atomic E-state index is 11.2. The van der Waals surface area contributed by atoms with Crippen molar-refractivity contribution in [3.8, 4) is 0 Å². The molecule has 1 aromatic rings. The van der Waals surface area contributed by atoms with E-state index in [1.54, 1.807) is 19.1 Å². The SMILES string of the molecule is CCC(=O)c1ccc(C(=O)OC)s1. The minimum atomic E-state index is -0.389. The number of carbonyl (C=O) groups excluding carboxylic acids is 2. The molecule has 0 amide bonds. The van der Waals surface area contributed by atoms with Crippen molar-refractivity contribution in [2.75, 3.05) is 7.11 Å². The Morgan fingerprint density at radius 2 is 2.00 bits per heavy atom. The van der Waals surface area contributed by atoms with Crippen molar-refractivity contribution >= 4 is 23.1 Å². The van der Waals surface area contributed by atoms with E-state index in [9.17, 15) is 9.59 Å². The summed E-state index contributed by atoms with van der Waals surface area (Å²) in [4.78, 5) is 23.3. The van der Waals surface area contributed by atoms with Crippen molar-refractivity contribution in [1.82, 2.24) is 0 Å². The van der Waals surface area contributed by atoms with Crippen molar-refractivity contribution in [3.63, 3.8) is 0 Å². The number of hydrogen-bond acceptors (Lipinski definition) is 4. The number of carbonyl (C=O) groups is 2. The number of ketones is 1. The fourth-order valence-corrected chi connectivity index (χ4v) is 1.81. The van der Waals surface area contributed by atoms with Crippen LogP contribution in [-0.4, -0.2) is 18.9 Å². The van der Waals surface area contributed by atoms with Gasteiger partial charge in [0.1, 0.15) is 4.88 Å². The van der Waals surface area contributed by atoms with Crippen molar-refractivity contribution in [3.05, 3.63) is 21.9 Å². The van der Waals surface area contributed by atoms with Gasteiger partial charge in [-0.1, -0.05) is 6.92 Å². The Kier molecular flexibility index (Phi) is 3.19. The topological polar surface area (TPSA) is 43.4 Å². The van der Waals surface area contributed by atoms with Crippen LogP contribution in [0.2, 0.25) is 0 Å². The molecule has 13 heavy (non-hydrogen) atoms. The monoisotopic (exact) mass is 198 g/mol. The average molecular weight is 198 g/mol. The number of hydrogen-bond donors (Lipinski definition) is 0. The van der Waals surface area contributed by atoms with Crippen LogP contribution in [0.1, 0.15) is 32.7 Å². The molecule has 0 aliphatic carbocycles. The van der Waals surface area contributed by atoms with Crippen molar-refractivity contribution in [2.45, 2.75) is 13.3 Å². The summed E-state index contributed by atoms with van der Waals surface area (Å²) in [5.74, 6) is -0.333. The lowest BCUT2D eigenvalue weighted by atomic mass is 10.2. The van der Waals surface area contributed by atoms with E-state index in [1.807, 2.05) is 0 Å². The summed E-state index contributed by atoms with van der Waals surface area (Å²) >= 11 is 1.17. The zero-order valence-electron chi connectivity index (χ0n) is 7.49. The van der Waals surface area contributed by atoms with Crippen LogP contribution < -0.4 is 0 Å². The van der Waals surface area contributed by atoms with E-state index in [2.05, 4.69) is 4.74 Å². The second-order valence-electron chi connectivity index (χ2n) is 2.43. The summed E-state index contributed by atoms with van der Waals surface area (Å²) in [7, 11) is 1.32. The van der Waals surface area contributed by atoms with Crippen LogP contribution in [0.4, 0.5) is 0 Å². The summed E-state index contributed by atoms with van der Waals surface area (Å²) in [6, 6.07) is 3.27. The van der Waals surface area contributed by atoms with Crippen LogP contribution in [0.25, 0.3) is 0 Å². The first-order valence-electron chi connectivity index (χ1n) is 3.90. The van der Waals surface area contributed by atoms with Crippen LogP contribution in [0, 0.1) is 0 Å². The average Bonchev–Trinajstić information content (AvgIpc) is 2.64. The molecule has 0 aromatic carbocycles. The number of rotatable bonds is 3. The molecule has 0 spiro atoms. The van der Waals surface area contributed by atoms with Gasteiger partial charge >= 0.3 is 5.97 Å². The first-order valence-corrected chi connectivity index (χ1v) is 4.72. The van der Waals surface area contributed by atoms with E-state index in [1.165, 1.54) is 18.4 Å². The molecule has 0 unspecified atom stereocenters. The van der Waals surface area contributed by atoms with Gasteiger partial charge in [-0.2, -0.15) is 0 Å². The Morgan fingerprint density at radius 1 is 1.38 bits per heavy atom. The molecule has 0 saturated carbocycles. The van der Waals surface area contributed by atoms with Gasteiger partial charge in [-0.05, 0) is 12.1 Å². The first-order chi connectivity index (χ1) is 6.19. The van der Waals surface area contributed by atoms with E-state index in [0.717, 1.165) is 0 Å². The minimum Gasteiger partial charge on any atom is -0.465 e. The molecule has 4 heteroatoms. The third kappa shape index (κ3) is 2.15. The fraction of sp³-hybridized carbons (Fsp3) is 0.333. The molecule has 0 N–H and O–H groups in total. The van der Waals surface area contributed by atoms with Crippen LogP contribution in [-0.2, 0) is 4.74 Å². The van der Waals surface area contributed by atoms with Gasteiger partial charge < -0.3 is 4.74 Å². The van der Waals surface area contributed by atoms with Crippen LogP contribution >= 0.6 is 11.3 Å². The molecule has 1 rings (SSSR count). The van der Waals surface area contributed by atoms with Gasteiger partial charge in [-0.25, -0.2) is 4.79 Å². The maximum absolute atomic E-state index is 11.2. The summed E-state index contributed by atoms with van der Waals surface area (Å²) in [5.41, 5.74) is 0. The zero-order chi connectivity index (χ0) is 9.84. The Balaban J connectivity index is 2.86. The summed E-state index contributed by atoms with van der Waals surface area (Å²) in [6.45, 7) is 1.79. The minimum absolute atomic E-state index is 0.0557. The van der Waals surface area contributed by atoms with Gasteiger partial charge in [-0.15, -0.1) is 11.3 Å². The number of ether oxygens (including phenoxy) is 1. The quantitative estimate of drug-likeness (QED) is 0.552. The summed E-state index contributed by atoms with van der Waals surface area (Å²) in [5, 5.41) is 0. The molecule has 70 valence electrons. The molecule has 0 radical (unpaired) electrons. The lowest BCUT2D eigenvalue weighted by Crippen LogP contribution is -1.97. The van der Waals surface area contributed by atoms with E-state index >= 15 is 0 Å². The van der Waals surface area contributed by atoms with Gasteiger partial charge in [0.15, 0.2) is 5.78 Å². The lowest BCUT2D eigenvalue weighted by molar-refractivity contribution is 0.0606. The van der Waals surface area contributed by atoms with Gasteiger partial charge in [0.05, 0.1) is 12.0 Å². The number of methoxy groups -OCH3 is 1. The second kappa shape index (κ2) is 4.18. The predicted octanol–water partition coefficient (Wildman–Crippen LogP) is 2.13. The largest absolute Gasteiger partial charge is 0.465 e. The van der Waals surface area contributed by atoms with Gasteiger partial charge in [0.2, 0.25) is 0 Å². The molecule has 0 bridgehead atoms. The molecular weight excluding hydrogens is 188 g/mol. The van der Waals surface area contributed by atoms with Crippen LogP contribution in [0.15, 0.2) is 12.1 Å². The Labute approximate surface area is 80.3 Å². The molecule has 0 atom stereocenters. The Morgan fingerprint density at radius 3 is 2.54 bits per heavy atom. The van der Waals surface area contributed by atoms with E-state index in [0.29, 0.717) is 16.2 Å². The Bertz CT molecular complexity index is 297. The summed E-state index contributed by atoms with van der Waals surface area (Å²) < 4.78 is 4.52. The number of Topliss-reactive ketones (excluding diaryl/α,β-unsaturated/α-hetero) is 1. The highest BCUT2D eigenvalue weighted by molar-refractivity contribution is 7.15. The summed E-state index contributed by atoms with van der Waals surface area (Å²) in [6.07, 6.45) is 0.459. The molecule has 3 nitrogen and oxygen atoms in total. The number of thiophene rings is 1. The Hall–Kier alpha value is -1.16. The van der Waals surface area contributed by atoms with Gasteiger partial charge in [-0.3, -0.25) is 4.79 Å². The van der Waals surface area contributed by atoms with Crippen molar-refractivity contribution < 1.29 is 14.3 Å². The van der Waals surface area contributed by atoms with Gasteiger partial charge in [0.25, 0.3) is 0 Å². The van der Waals surface area contributed by atoms with Gasteiger partial charge in [0, 0.05) is 6.42 Å². The normalized spacial score (nSPS) is 9.69. The van der Waals surface area contributed by atoms with E-state index < -0.39 is 0 Å². The zero-order valence-corrected chi connectivity index (χ0v) is 8.31. The van der Waals surface area contributed by atoms with Crippen molar-refractivity contribution in [2.24, 2.45) is 0 Å². The molecule has 1 heterocycles. The molecule has 0 saturated heterocycles. The standard InChI is InChI=1S/C9H10O3S/c1-3-6(10)7-4-5-8(13-7)9(11)12-2/h4-5H,3H2,1-2H3. The van der Waals surface area contributed by atoms with Crippen LogP contribution in [0.3, 0.4) is 0 Å². The smallest absolute Gasteiger partial charge is 0.348 e. The van der Waals surface area contributed by atoms with Crippen molar-refractivity contribution in [1.29, 1.82) is 0 Å². The first kappa shape index (κ1) is 9.92. The predicted molar refractivity (Wildman–Crippen MR) is 50.3 cm³/mol. The lowest BCUT2D eigenvalue weighted by Gasteiger charge is -1.92. The molecule has 0 fully saturated rings. The molecule has 0 aliphatic heterocycles. The third-order valence-corrected chi connectivity index (χ3v) is 2.69.